The van der Waals surface area contributed by atoms with Crippen molar-refractivity contribution in [2.45, 2.75) is 6.92 Å². The molecule has 1 aromatic rings. The van der Waals surface area contributed by atoms with Gasteiger partial charge >= 0.3 is 12.0 Å². The maximum atomic E-state index is 11.2. The van der Waals surface area contributed by atoms with Gasteiger partial charge in [0.25, 0.3) is 0 Å². The first-order valence-electron chi connectivity index (χ1n) is 5.11. The topological polar surface area (TPSA) is 110 Å². The number of aromatic nitrogens is 1. The molecular weight excluding hydrogens is 242 g/mol. The maximum Gasteiger partial charge on any atom is 0.343 e. The van der Waals surface area contributed by atoms with E-state index in [0.717, 1.165) is 0 Å². The second-order valence-electron chi connectivity index (χ2n) is 3.06. The smallest absolute Gasteiger partial charge is 0.343 e. The third-order valence-corrected chi connectivity index (χ3v) is 1.65. The molecule has 1 aromatic heterocycles. The highest BCUT2D eigenvalue weighted by Crippen LogP contribution is 2.11. The van der Waals surface area contributed by atoms with Crippen LogP contribution in [0.1, 0.15) is 6.92 Å². The van der Waals surface area contributed by atoms with E-state index in [1.807, 2.05) is 12.4 Å². The predicted molar refractivity (Wildman–Crippen MR) is 61.1 cm³/mol. The molecule has 0 unspecified atom stereocenters. The fourth-order valence-electron chi connectivity index (χ4n) is 1.01. The Hall–Kier alpha value is -2.35. The molecule has 8 nitrogen and oxygen atoms in total. The van der Waals surface area contributed by atoms with Gasteiger partial charge < -0.3 is 15.2 Å². The van der Waals surface area contributed by atoms with Crippen LogP contribution in [0.15, 0.2) is 18.3 Å². The third-order valence-electron chi connectivity index (χ3n) is 1.65. The molecule has 0 fully saturated rings. The molecule has 0 aromatic carbocycles. The number of amides is 2. The SMILES string of the molecule is CCOc1ccc(NC(=O)NOCC(=O)O)cn1. The summed E-state index contributed by atoms with van der Waals surface area (Å²) in [6, 6.07) is 2.49. The molecule has 0 aliphatic rings. The van der Waals surface area contributed by atoms with E-state index in [1.54, 1.807) is 12.1 Å². The Labute approximate surface area is 103 Å². The molecule has 0 saturated heterocycles. The minimum absolute atomic E-state index is 0.426. The minimum Gasteiger partial charge on any atom is -0.479 e. The van der Waals surface area contributed by atoms with Crippen molar-refractivity contribution in [3.63, 3.8) is 0 Å². The van der Waals surface area contributed by atoms with E-state index < -0.39 is 18.6 Å². The molecule has 18 heavy (non-hydrogen) atoms. The number of hydrogen-bond donors (Lipinski definition) is 3. The van der Waals surface area contributed by atoms with Crippen molar-refractivity contribution >= 4 is 17.7 Å². The lowest BCUT2D eigenvalue weighted by Gasteiger charge is -2.07. The third kappa shape index (κ3) is 5.12. The van der Waals surface area contributed by atoms with Crippen molar-refractivity contribution in [1.29, 1.82) is 0 Å². The van der Waals surface area contributed by atoms with Crippen LogP contribution in [0.3, 0.4) is 0 Å². The van der Waals surface area contributed by atoms with Gasteiger partial charge in [-0.15, -0.1) is 0 Å². The van der Waals surface area contributed by atoms with Gasteiger partial charge in [-0.25, -0.2) is 20.1 Å². The van der Waals surface area contributed by atoms with E-state index in [1.165, 1.54) is 6.20 Å². The Bertz CT molecular complexity index is 406. The number of carboxylic acid groups (broad SMARTS) is 1. The molecule has 0 aliphatic heterocycles. The Kier molecular flexibility index (Phi) is 5.39. The zero-order valence-electron chi connectivity index (χ0n) is 9.67. The average Bonchev–Trinajstić information content (AvgIpc) is 2.31. The molecule has 3 N–H and O–H groups in total. The lowest BCUT2D eigenvalue weighted by molar-refractivity contribution is -0.143. The standard InChI is InChI=1S/C10H13N3O5/c1-2-17-8-4-3-7(5-11-8)12-10(16)13-18-6-9(14)15/h3-5H,2,6H2,1H3,(H,14,15)(H2,12,13,16). The first-order valence-corrected chi connectivity index (χ1v) is 5.11. The van der Waals surface area contributed by atoms with Crippen molar-refractivity contribution in [2.75, 3.05) is 18.5 Å². The highest BCUT2D eigenvalue weighted by Gasteiger charge is 2.04. The number of anilines is 1. The van der Waals surface area contributed by atoms with Crippen LogP contribution < -0.4 is 15.5 Å². The Morgan fingerprint density at radius 1 is 1.44 bits per heavy atom. The average molecular weight is 255 g/mol. The van der Waals surface area contributed by atoms with Gasteiger partial charge in [0.2, 0.25) is 5.88 Å². The van der Waals surface area contributed by atoms with Crippen LogP contribution in [0.25, 0.3) is 0 Å². The van der Waals surface area contributed by atoms with Gasteiger partial charge in [-0.05, 0) is 13.0 Å². The van der Waals surface area contributed by atoms with E-state index in [-0.39, 0.29) is 0 Å². The number of pyridine rings is 1. The van der Waals surface area contributed by atoms with E-state index in [2.05, 4.69) is 15.1 Å². The van der Waals surface area contributed by atoms with Crippen molar-refractivity contribution in [2.24, 2.45) is 0 Å². The normalized spacial score (nSPS) is 9.61. The summed E-state index contributed by atoms with van der Waals surface area (Å²) < 4.78 is 5.13. The summed E-state index contributed by atoms with van der Waals surface area (Å²) >= 11 is 0. The number of nitrogens with zero attached hydrogens (tertiary/aromatic N) is 1. The van der Waals surface area contributed by atoms with Crippen LogP contribution in [0.2, 0.25) is 0 Å². The zero-order chi connectivity index (χ0) is 13.4. The molecule has 0 saturated carbocycles. The molecule has 0 bridgehead atoms. The minimum atomic E-state index is -1.18. The van der Waals surface area contributed by atoms with Crippen LogP contribution in [0.5, 0.6) is 5.88 Å². The molecule has 0 radical (unpaired) electrons. The quantitative estimate of drug-likeness (QED) is 0.643. The van der Waals surface area contributed by atoms with Crippen LogP contribution in [0.4, 0.5) is 10.5 Å². The number of nitrogens with one attached hydrogen (secondary N) is 2. The Balaban J connectivity index is 2.37. The van der Waals surface area contributed by atoms with Gasteiger partial charge in [-0.1, -0.05) is 0 Å². The first-order chi connectivity index (χ1) is 8.61. The number of ether oxygens (including phenoxy) is 1. The fourth-order valence-corrected chi connectivity index (χ4v) is 1.01. The van der Waals surface area contributed by atoms with E-state index in [9.17, 15) is 9.59 Å². The van der Waals surface area contributed by atoms with E-state index in [4.69, 9.17) is 9.84 Å². The van der Waals surface area contributed by atoms with Crippen molar-refractivity contribution in [1.82, 2.24) is 10.5 Å². The van der Waals surface area contributed by atoms with Crippen LogP contribution in [-0.2, 0) is 9.63 Å². The number of urea groups is 1. The number of aliphatic carboxylic acids is 1. The molecule has 98 valence electrons. The molecule has 1 heterocycles. The van der Waals surface area contributed by atoms with Gasteiger partial charge in [0.05, 0.1) is 18.5 Å². The molecule has 1 rings (SSSR count). The number of carboxylic acids is 1. The lowest BCUT2D eigenvalue weighted by Crippen LogP contribution is -2.30. The predicted octanol–water partition coefficient (Wildman–Crippen LogP) is 0.618. The van der Waals surface area contributed by atoms with E-state index in [0.29, 0.717) is 18.2 Å². The summed E-state index contributed by atoms with van der Waals surface area (Å²) in [6.45, 7) is 1.72. The van der Waals surface area contributed by atoms with E-state index >= 15 is 0 Å². The summed E-state index contributed by atoms with van der Waals surface area (Å²) in [7, 11) is 0. The highest BCUT2D eigenvalue weighted by molar-refractivity contribution is 5.88. The molecular formula is C10H13N3O5. The number of carbonyl (C=O) groups excluding carboxylic acids is 1. The number of hydroxylamine groups is 1. The Morgan fingerprint density at radius 2 is 2.22 bits per heavy atom. The molecule has 0 atom stereocenters. The maximum absolute atomic E-state index is 11.2. The van der Waals surface area contributed by atoms with Crippen molar-refractivity contribution in [3.8, 4) is 5.88 Å². The van der Waals surface area contributed by atoms with Gasteiger partial charge in [0.15, 0.2) is 6.61 Å². The van der Waals surface area contributed by atoms with Gasteiger partial charge in [-0.3, -0.25) is 4.84 Å². The van der Waals surface area contributed by atoms with Gasteiger partial charge in [0, 0.05) is 6.07 Å². The van der Waals surface area contributed by atoms with Crippen LogP contribution >= 0.6 is 0 Å². The van der Waals surface area contributed by atoms with Gasteiger partial charge in [0.1, 0.15) is 0 Å². The summed E-state index contributed by atoms with van der Waals surface area (Å²) in [5.74, 6) is -0.733. The lowest BCUT2D eigenvalue weighted by atomic mass is 10.4. The number of hydrogen-bond acceptors (Lipinski definition) is 5. The van der Waals surface area contributed by atoms with Crippen molar-refractivity contribution in [3.05, 3.63) is 18.3 Å². The number of carbonyl (C=O) groups is 2. The second kappa shape index (κ2) is 7.07. The summed E-state index contributed by atoms with van der Waals surface area (Å²) in [5, 5.41) is 10.7. The Morgan fingerprint density at radius 3 is 2.78 bits per heavy atom. The highest BCUT2D eigenvalue weighted by atomic mass is 16.7. The van der Waals surface area contributed by atoms with Crippen LogP contribution in [-0.4, -0.2) is 35.3 Å². The molecule has 8 heteroatoms. The zero-order valence-corrected chi connectivity index (χ0v) is 9.67. The monoisotopic (exact) mass is 255 g/mol. The summed E-state index contributed by atoms with van der Waals surface area (Å²) in [4.78, 5) is 29.6. The molecule has 0 aliphatic carbocycles. The summed E-state index contributed by atoms with van der Waals surface area (Å²) in [5.41, 5.74) is 2.34. The number of rotatable bonds is 6. The van der Waals surface area contributed by atoms with Crippen LogP contribution in [0, 0.1) is 0 Å². The molecule has 2 amide bonds. The fraction of sp³-hybridized carbons (Fsp3) is 0.300. The first kappa shape index (κ1) is 13.7. The molecule has 0 spiro atoms. The largest absolute Gasteiger partial charge is 0.479 e. The van der Waals surface area contributed by atoms with Gasteiger partial charge in [-0.2, -0.15) is 0 Å². The van der Waals surface area contributed by atoms with Crippen molar-refractivity contribution < 1.29 is 24.3 Å². The summed E-state index contributed by atoms with van der Waals surface area (Å²) in [6.07, 6.45) is 1.40. The second-order valence-corrected chi connectivity index (χ2v) is 3.06.